The van der Waals surface area contributed by atoms with E-state index >= 15 is 0 Å². The van der Waals surface area contributed by atoms with Crippen molar-refractivity contribution in [3.05, 3.63) is 0 Å². The molecule has 0 aromatic carbocycles. The zero-order valence-electron chi connectivity index (χ0n) is 37.6. The first-order chi connectivity index (χ1) is 26.8. The van der Waals surface area contributed by atoms with Crippen molar-refractivity contribution in [1.29, 1.82) is 0 Å². The van der Waals surface area contributed by atoms with Gasteiger partial charge >= 0.3 is 17.9 Å². The molecule has 0 aliphatic rings. The summed E-state index contributed by atoms with van der Waals surface area (Å²) in [5.41, 5.74) is 0. The van der Waals surface area contributed by atoms with Gasteiger partial charge in [-0.05, 0) is 31.1 Å². The first-order valence-electron chi connectivity index (χ1n) is 24.3. The van der Waals surface area contributed by atoms with Crippen molar-refractivity contribution >= 4 is 17.9 Å². The Kier molecular flexibility index (Phi) is 40.8. The lowest BCUT2D eigenvalue weighted by molar-refractivity contribution is -0.167. The number of unbranched alkanes of at least 4 members (excludes halogenated alkanes) is 27. The number of carbonyl (C=O) groups is 3. The zero-order chi connectivity index (χ0) is 40.5. The maximum absolute atomic E-state index is 12.7. The lowest BCUT2D eigenvalue weighted by atomic mass is 9.99. The van der Waals surface area contributed by atoms with Gasteiger partial charge in [-0.25, -0.2) is 0 Å². The second-order valence-corrected chi connectivity index (χ2v) is 17.5. The molecule has 0 bridgehead atoms. The van der Waals surface area contributed by atoms with Crippen LogP contribution in [0.25, 0.3) is 0 Å². The van der Waals surface area contributed by atoms with Gasteiger partial charge in [0.2, 0.25) is 0 Å². The molecule has 0 saturated heterocycles. The maximum atomic E-state index is 12.7. The largest absolute Gasteiger partial charge is 0.462 e. The molecule has 0 aromatic heterocycles. The van der Waals surface area contributed by atoms with Crippen molar-refractivity contribution in [2.24, 2.45) is 11.8 Å². The van der Waals surface area contributed by atoms with Gasteiger partial charge in [-0.1, -0.05) is 227 Å². The number of hydrogen-bond donors (Lipinski definition) is 0. The molecule has 0 N–H and O–H groups in total. The van der Waals surface area contributed by atoms with Gasteiger partial charge in [0, 0.05) is 19.3 Å². The van der Waals surface area contributed by atoms with E-state index in [0.29, 0.717) is 19.3 Å². The monoisotopic (exact) mass is 779 g/mol. The zero-order valence-corrected chi connectivity index (χ0v) is 37.6. The van der Waals surface area contributed by atoms with E-state index in [4.69, 9.17) is 14.2 Å². The Morgan fingerprint density at radius 2 is 0.691 bits per heavy atom. The SMILES string of the molecule is CCCCCCCCCCCCCCCCC(=O)OC[C@H](COC(=O)CCCCCCCCC(C)C)OC(=O)CCCCCCCCCCCCC(C)CC. The molecule has 0 saturated carbocycles. The Balaban J connectivity index is 4.31. The van der Waals surface area contributed by atoms with Gasteiger partial charge in [-0.3, -0.25) is 14.4 Å². The van der Waals surface area contributed by atoms with Crippen LogP contribution in [0.15, 0.2) is 0 Å². The van der Waals surface area contributed by atoms with Crippen molar-refractivity contribution < 1.29 is 28.6 Å². The maximum Gasteiger partial charge on any atom is 0.306 e. The Bertz CT molecular complexity index is 841. The van der Waals surface area contributed by atoms with Gasteiger partial charge in [-0.15, -0.1) is 0 Å². The molecule has 0 aliphatic heterocycles. The van der Waals surface area contributed by atoms with Crippen molar-refractivity contribution in [3.8, 4) is 0 Å². The molecular weight excluding hydrogens is 685 g/mol. The molecule has 0 aromatic rings. The summed E-state index contributed by atoms with van der Waals surface area (Å²) in [6.07, 6.45) is 40.9. The van der Waals surface area contributed by atoms with Crippen molar-refractivity contribution in [3.63, 3.8) is 0 Å². The molecule has 55 heavy (non-hydrogen) atoms. The molecule has 0 radical (unpaired) electrons. The molecule has 2 atom stereocenters. The van der Waals surface area contributed by atoms with E-state index in [1.165, 1.54) is 154 Å². The van der Waals surface area contributed by atoms with Crippen LogP contribution >= 0.6 is 0 Å². The molecule has 0 spiro atoms. The second-order valence-electron chi connectivity index (χ2n) is 17.5. The van der Waals surface area contributed by atoms with E-state index in [-0.39, 0.29) is 31.1 Å². The Labute approximate surface area is 342 Å². The molecule has 0 heterocycles. The molecule has 0 amide bonds. The van der Waals surface area contributed by atoms with Gasteiger partial charge in [-0.2, -0.15) is 0 Å². The van der Waals surface area contributed by atoms with Gasteiger partial charge < -0.3 is 14.2 Å². The van der Waals surface area contributed by atoms with E-state index in [1.807, 2.05) is 0 Å². The summed E-state index contributed by atoms with van der Waals surface area (Å²) in [5, 5.41) is 0. The third kappa shape index (κ3) is 41.9. The van der Waals surface area contributed by atoms with Gasteiger partial charge in [0.05, 0.1) is 0 Å². The molecular formula is C49H94O6. The smallest absolute Gasteiger partial charge is 0.306 e. The Hall–Kier alpha value is -1.59. The fourth-order valence-corrected chi connectivity index (χ4v) is 7.25. The van der Waals surface area contributed by atoms with Crippen LogP contribution in [0.2, 0.25) is 0 Å². The number of ether oxygens (including phenoxy) is 3. The first-order valence-corrected chi connectivity index (χ1v) is 24.3. The van der Waals surface area contributed by atoms with Gasteiger partial charge in [0.25, 0.3) is 0 Å². The van der Waals surface area contributed by atoms with Crippen LogP contribution in [-0.4, -0.2) is 37.2 Å². The van der Waals surface area contributed by atoms with Crippen LogP contribution in [0.4, 0.5) is 0 Å². The minimum Gasteiger partial charge on any atom is -0.462 e. The van der Waals surface area contributed by atoms with Crippen LogP contribution in [0, 0.1) is 11.8 Å². The normalized spacial score (nSPS) is 12.5. The number of esters is 3. The molecule has 0 aliphatic carbocycles. The molecule has 6 heteroatoms. The molecule has 326 valence electrons. The molecule has 0 fully saturated rings. The summed E-state index contributed by atoms with van der Waals surface area (Å²) in [6.45, 7) is 11.3. The predicted octanol–water partition coefficient (Wildman–Crippen LogP) is 15.4. The van der Waals surface area contributed by atoms with Crippen molar-refractivity contribution in [2.75, 3.05) is 13.2 Å². The summed E-state index contributed by atoms with van der Waals surface area (Å²) in [5.74, 6) is 0.773. The molecule has 1 unspecified atom stereocenters. The average Bonchev–Trinajstić information content (AvgIpc) is 3.17. The summed E-state index contributed by atoms with van der Waals surface area (Å²) in [4.78, 5) is 37.8. The van der Waals surface area contributed by atoms with E-state index < -0.39 is 6.10 Å². The van der Waals surface area contributed by atoms with Crippen molar-refractivity contribution in [2.45, 2.75) is 272 Å². The van der Waals surface area contributed by atoms with Gasteiger partial charge in [0.15, 0.2) is 6.10 Å². The fourth-order valence-electron chi connectivity index (χ4n) is 7.25. The van der Waals surface area contributed by atoms with Crippen LogP contribution < -0.4 is 0 Å². The third-order valence-corrected chi connectivity index (χ3v) is 11.3. The van der Waals surface area contributed by atoms with Crippen LogP contribution in [0.5, 0.6) is 0 Å². The van der Waals surface area contributed by atoms with E-state index in [9.17, 15) is 14.4 Å². The standard InChI is InChI=1S/C49H94O6/c1-6-8-9-10-11-12-13-14-15-16-20-23-29-34-39-47(50)53-42-46(43-54-48(51)40-35-30-26-25-27-32-37-44(3)4)55-49(52)41-36-31-24-21-18-17-19-22-28-33-38-45(5)7-2/h44-46H,6-43H2,1-5H3/t45?,46-/m1/s1. The van der Waals surface area contributed by atoms with Crippen LogP contribution in [0.1, 0.15) is 266 Å². The summed E-state index contributed by atoms with van der Waals surface area (Å²) in [6, 6.07) is 0. The Morgan fingerprint density at radius 3 is 1.04 bits per heavy atom. The topological polar surface area (TPSA) is 78.9 Å². The molecule has 6 nitrogen and oxygen atoms in total. The third-order valence-electron chi connectivity index (χ3n) is 11.3. The minimum absolute atomic E-state index is 0.0650. The van der Waals surface area contributed by atoms with Crippen molar-refractivity contribution in [1.82, 2.24) is 0 Å². The summed E-state index contributed by atoms with van der Waals surface area (Å²) in [7, 11) is 0. The number of rotatable bonds is 43. The van der Waals surface area contributed by atoms with E-state index in [2.05, 4.69) is 34.6 Å². The van der Waals surface area contributed by atoms with Crippen LogP contribution in [0.3, 0.4) is 0 Å². The molecule has 0 rings (SSSR count). The first kappa shape index (κ1) is 53.4. The highest BCUT2D eigenvalue weighted by Crippen LogP contribution is 2.17. The van der Waals surface area contributed by atoms with E-state index in [1.54, 1.807) is 0 Å². The predicted molar refractivity (Wildman–Crippen MR) is 233 cm³/mol. The minimum atomic E-state index is -0.761. The lowest BCUT2D eigenvalue weighted by Crippen LogP contribution is -2.30. The van der Waals surface area contributed by atoms with E-state index in [0.717, 1.165) is 69.6 Å². The fraction of sp³-hybridized carbons (Fsp3) is 0.939. The van der Waals surface area contributed by atoms with Crippen LogP contribution in [-0.2, 0) is 28.6 Å². The highest BCUT2D eigenvalue weighted by molar-refractivity contribution is 5.71. The van der Waals surface area contributed by atoms with Gasteiger partial charge in [0.1, 0.15) is 13.2 Å². The highest BCUT2D eigenvalue weighted by atomic mass is 16.6. The summed E-state index contributed by atoms with van der Waals surface area (Å²) >= 11 is 0. The highest BCUT2D eigenvalue weighted by Gasteiger charge is 2.19. The second kappa shape index (κ2) is 42.0. The number of carbonyl (C=O) groups excluding carboxylic acids is 3. The quantitative estimate of drug-likeness (QED) is 0.0348. The number of hydrogen-bond acceptors (Lipinski definition) is 6. The lowest BCUT2D eigenvalue weighted by Gasteiger charge is -2.18. The summed E-state index contributed by atoms with van der Waals surface area (Å²) < 4.78 is 16.7. The Morgan fingerprint density at radius 1 is 0.382 bits per heavy atom. The average molecular weight is 779 g/mol.